The predicted molar refractivity (Wildman–Crippen MR) is 82.6 cm³/mol. The zero-order valence-corrected chi connectivity index (χ0v) is 13.6. The SMILES string of the molecule is COC(=O)C(CCSC1CCCC(C)C1)NC(C)C. The summed E-state index contributed by atoms with van der Waals surface area (Å²) >= 11 is 2.04. The predicted octanol–water partition coefficient (Wildman–Crippen LogP) is 3.23. The monoisotopic (exact) mass is 287 g/mol. The molecular formula is C15H29NO2S. The van der Waals surface area contributed by atoms with E-state index >= 15 is 0 Å². The lowest BCUT2D eigenvalue weighted by atomic mass is 9.91. The van der Waals surface area contributed by atoms with Gasteiger partial charge >= 0.3 is 5.97 Å². The van der Waals surface area contributed by atoms with Crippen LogP contribution in [0, 0.1) is 5.92 Å². The van der Waals surface area contributed by atoms with Crippen molar-refractivity contribution in [3.63, 3.8) is 0 Å². The summed E-state index contributed by atoms with van der Waals surface area (Å²) in [5, 5.41) is 4.08. The van der Waals surface area contributed by atoms with Crippen molar-refractivity contribution in [3.05, 3.63) is 0 Å². The second kappa shape index (κ2) is 8.85. The van der Waals surface area contributed by atoms with Crippen LogP contribution in [0.5, 0.6) is 0 Å². The average molecular weight is 287 g/mol. The van der Waals surface area contributed by atoms with E-state index in [0.29, 0.717) is 6.04 Å². The van der Waals surface area contributed by atoms with Crippen LogP contribution in [0.4, 0.5) is 0 Å². The number of methoxy groups -OCH3 is 1. The maximum atomic E-state index is 11.7. The molecule has 1 N–H and O–H groups in total. The quantitative estimate of drug-likeness (QED) is 0.730. The van der Waals surface area contributed by atoms with Crippen LogP contribution in [0.2, 0.25) is 0 Å². The first-order valence-electron chi connectivity index (χ1n) is 7.48. The number of esters is 1. The second-order valence-electron chi connectivity index (χ2n) is 5.95. The number of hydrogen-bond donors (Lipinski definition) is 1. The van der Waals surface area contributed by atoms with Gasteiger partial charge in [-0.2, -0.15) is 11.8 Å². The minimum absolute atomic E-state index is 0.133. The topological polar surface area (TPSA) is 38.3 Å². The van der Waals surface area contributed by atoms with Gasteiger partial charge in [0.05, 0.1) is 7.11 Å². The molecule has 0 heterocycles. The Bertz CT molecular complexity index is 271. The molecule has 0 aliphatic heterocycles. The molecule has 0 amide bonds. The van der Waals surface area contributed by atoms with E-state index in [-0.39, 0.29) is 12.0 Å². The van der Waals surface area contributed by atoms with Crippen molar-refractivity contribution >= 4 is 17.7 Å². The molecule has 1 aliphatic carbocycles. The Morgan fingerprint density at radius 1 is 1.42 bits per heavy atom. The van der Waals surface area contributed by atoms with E-state index in [9.17, 15) is 4.79 Å². The highest BCUT2D eigenvalue weighted by atomic mass is 32.2. The minimum atomic E-state index is -0.154. The highest BCUT2D eigenvalue weighted by Crippen LogP contribution is 2.32. The van der Waals surface area contributed by atoms with Crippen LogP contribution in [0.3, 0.4) is 0 Å². The molecule has 1 saturated carbocycles. The van der Waals surface area contributed by atoms with Crippen molar-refractivity contribution in [2.45, 2.75) is 70.2 Å². The Hall–Kier alpha value is -0.220. The van der Waals surface area contributed by atoms with Crippen molar-refractivity contribution in [2.75, 3.05) is 12.9 Å². The van der Waals surface area contributed by atoms with Crippen LogP contribution < -0.4 is 5.32 Å². The summed E-state index contributed by atoms with van der Waals surface area (Å²) in [6, 6.07) is 0.155. The maximum Gasteiger partial charge on any atom is 0.322 e. The van der Waals surface area contributed by atoms with Crippen LogP contribution >= 0.6 is 11.8 Å². The summed E-state index contributed by atoms with van der Waals surface area (Å²) in [6.45, 7) is 6.47. The van der Waals surface area contributed by atoms with Gasteiger partial charge in [-0.05, 0) is 30.9 Å². The molecule has 0 radical (unpaired) electrons. The van der Waals surface area contributed by atoms with Gasteiger partial charge in [0.2, 0.25) is 0 Å². The second-order valence-corrected chi connectivity index (χ2v) is 7.36. The van der Waals surface area contributed by atoms with Gasteiger partial charge in [0.25, 0.3) is 0 Å². The molecule has 0 aromatic heterocycles. The number of thioether (sulfide) groups is 1. The van der Waals surface area contributed by atoms with E-state index in [1.165, 1.54) is 32.8 Å². The number of carbonyl (C=O) groups excluding carboxylic acids is 1. The van der Waals surface area contributed by atoms with Gasteiger partial charge in [0, 0.05) is 11.3 Å². The lowest BCUT2D eigenvalue weighted by Crippen LogP contribution is -2.42. The number of ether oxygens (including phenoxy) is 1. The van der Waals surface area contributed by atoms with Crippen LogP contribution in [0.25, 0.3) is 0 Å². The highest BCUT2D eigenvalue weighted by molar-refractivity contribution is 7.99. The molecule has 1 fully saturated rings. The first-order valence-corrected chi connectivity index (χ1v) is 8.53. The molecule has 0 aromatic rings. The third kappa shape index (κ3) is 6.66. The van der Waals surface area contributed by atoms with Gasteiger partial charge in [-0.3, -0.25) is 4.79 Å². The smallest absolute Gasteiger partial charge is 0.322 e. The molecule has 19 heavy (non-hydrogen) atoms. The Balaban J connectivity index is 2.28. The molecule has 0 saturated heterocycles. The van der Waals surface area contributed by atoms with Crippen LogP contribution in [-0.2, 0) is 9.53 Å². The molecule has 4 heteroatoms. The zero-order chi connectivity index (χ0) is 14.3. The molecule has 3 atom stereocenters. The van der Waals surface area contributed by atoms with Gasteiger partial charge in [-0.15, -0.1) is 0 Å². The normalized spacial score (nSPS) is 25.3. The first-order chi connectivity index (χ1) is 9.02. The van der Waals surface area contributed by atoms with Crippen molar-refractivity contribution < 1.29 is 9.53 Å². The zero-order valence-electron chi connectivity index (χ0n) is 12.8. The minimum Gasteiger partial charge on any atom is -0.468 e. The summed E-state index contributed by atoms with van der Waals surface area (Å²) in [4.78, 5) is 11.7. The number of rotatable bonds is 7. The lowest BCUT2D eigenvalue weighted by molar-refractivity contribution is -0.143. The molecule has 3 unspecified atom stereocenters. The van der Waals surface area contributed by atoms with Gasteiger partial charge < -0.3 is 10.1 Å². The summed E-state index contributed by atoms with van der Waals surface area (Å²) in [6.07, 6.45) is 6.29. The summed E-state index contributed by atoms with van der Waals surface area (Å²) < 4.78 is 4.86. The van der Waals surface area contributed by atoms with E-state index in [4.69, 9.17) is 4.74 Å². The lowest BCUT2D eigenvalue weighted by Gasteiger charge is -2.27. The number of hydrogen-bond acceptors (Lipinski definition) is 4. The molecular weight excluding hydrogens is 258 g/mol. The standard InChI is InChI=1S/C15H29NO2S/c1-11(2)16-14(15(17)18-4)8-9-19-13-7-5-6-12(3)10-13/h11-14,16H,5-10H2,1-4H3. The Kier molecular flexibility index (Phi) is 7.84. The largest absolute Gasteiger partial charge is 0.468 e. The van der Waals surface area contributed by atoms with Gasteiger partial charge in [0.1, 0.15) is 6.04 Å². The van der Waals surface area contributed by atoms with Crippen LogP contribution in [0.15, 0.2) is 0 Å². The molecule has 112 valence electrons. The Morgan fingerprint density at radius 2 is 2.16 bits per heavy atom. The van der Waals surface area contributed by atoms with E-state index < -0.39 is 0 Å². The summed E-state index contributed by atoms with van der Waals surface area (Å²) in [5.41, 5.74) is 0. The third-order valence-electron chi connectivity index (χ3n) is 3.67. The molecule has 1 aliphatic rings. The van der Waals surface area contributed by atoms with Crippen molar-refractivity contribution in [1.82, 2.24) is 5.32 Å². The fourth-order valence-electron chi connectivity index (χ4n) is 2.70. The van der Waals surface area contributed by atoms with Gasteiger partial charge in [-0.25, -0.2) is 0 Å². The summed E-state index contributed by atoms with van der Waals surface area (Å²) in [5.74, 6) is 1.78. The number of carbonyl (C=O) groups is 1. The Labute approximate surface area is 122 Å². The van der Waals surface area contributed by atoms with Crippen LogP contribution in [-0.4, -0.2) is 36.2 Å². The van der Waals surface area contributed by atoms with Crippen LogP contribution in [0.1, 0.15) is 52.9 Å². The molecule has 0 aromatic carbocycles. The van der Waals surface area contributed by atoms with E-state index in [2.05, 4.69) is 26.1 Å². The summed E-state index contributed by atoms with van der Waals surface area (Å²) in [7, 11) is 1.47. The first kappa shape index (κ1) is 16.8. The highest BCUT2D eigenvalue weighted by Gasteiger charge is 2.22. The molecule has 0 spiro atoms. The molecule has 1 rings (SSSR count). The number of nitrogens with one attached hydrogen (secondary N) is 1. The maximum absolute atomic E-state index is 11.7. The van der Waals surface area contributed by atoms with Crippen molar-refractivity contribution in [1.29, 1.82) is 0 Å². The van der Waals surface area contributed by atoms with E-state index in [1.807, 2.05) is 11.8 Å². The van der Waals surface area contributed by atoms with Gasteiger partial charge in [-0.1, -0.05) is 33.6 Å². The van der Waals surface area contributed by atoms with E-state index in [0.717, 1.165) is 23.3 Å². The third-order valence-corrected chi connectivity index (χ3v) is 5.04. The fraction of sp³-hybridized carbons (Fsp3) is 0.933. The molecule has 0 bridgehead atoms. The fourth-order valence-corrected chi connectivity index (χ4v) is 4.20. The van der Waals surface area contributed by atoms with E-state index in [1.54, 1.807) is 0 Å². The van der Waals surface area contributed by atoms with Crippen molar-refractivity contribution in [3.8, 4) is 0 Å². The molecule has 3 nitrogen and oxygen atoms in total. The average Bonchev–Trinajstić information content (AvgIpc) is 2.36. The Morgan fingerprint density at radius 3 is 2.74 bits per heavy atom. The van der Waals surface area contributed by atoms with Gasteiger partial charge in [0.15, 0.2) is 0 Å². The van der Waals surface area contributed by atoms with Crippen molar-refractivity contribution in [2.24, 2.45) is 5.92 Å².